The van der Waals surface area contributed by atoms with E-state index in [0.29, 0.717) is 0 Å². The van der Waals surface area contributed by atoms with Crippen molar-refractivity contribution in [2.45, 2.75) is 57.4 Å². The van der Waals surface area contributed by atoms with Gasteiger partial charge in [-0.25, -0.2) is 8.78 Å². The molecule has 1 aliphatic carbocycles. The summed E-state index contributed by atoms with van der Waals surface area (Å²) >= 11 is 15.0. The highest BCUT2D eigenvalue weighted by Crippen LogP contribution is 2.29. The molecule has 0 aliphatic heterocycles. The van der Waals surface area contributed by atoms with Gasteiger partial charge in [0.1, 0.15) is 5.17 Å². The minimum absolute atomic E-state index is 0.116. The molecule has 0 radical (unpaired) electrons. The number of halogens is 4. The Balaban J connectivity index is 3.16. The monoisotopic (exact) mass is 411 g/mol. The van der Waals surface area contributed by atoms with Crippen LogP contribution in [-0.2, 0) is 4.79 Å². The summed E-state index contributed by atoms with van der Waals surface area (Å²) in [7, 11) is 0. The van der Waals surface area contributed by atoms with E-state index in [4.69, 9.17) is 34.0 Å². The van der Waals surface area contributed by atoms with Crippen molar-refractivity contribution in [1.29, 1.82) is 10.8 Å². The van der Waals surface area contributed by atoms with Crippen LogP contribution in [0.1, 0.15) is 45.4 Å². The first-order valence-corrected chi connectivity index (χ1v) is 9.03. The van der Waals surface area contributed by atoms with Crippen molar-refractivity contribution in [1.82, 2.24) is 5.32 Å². The Labute approximate surface area is 161 Å². The van der Waals surface area contributed by atoms with E-state index < -0.39 is 29.0 Å². The molecule has 0 saturated heterocycles. The molecule has 3 N–H and O–H groups in total. The molecular weight excluding hydrogens is 391 g/mol. The summed E-state index contributed by atoms with van der Waals surface area (Å²) in [6, 6.07) is -0.116. The van der Waals surface area contributed by atoms with Crippen LogP contribution < -0.4 is 5.32 Å². The van der Waals surface area contributed by atoms with Crippen LogP contribution in [0.5, 0.6) is 0 Å². The number of ketones is 1. The summed E-state index contributed by atoms with van der Waals surface area (Å²) in [4.78, 5) is 12.3. The normalized spacial score (nSPS) is 18.2. The number of rotatable bonds is 8. The predicted octanol–water partition coefficient (Wildman–Crippen LogP) is 5.02. The van der Waals surface area contributed by atoms with Crippen molar-refractivity contribution in [2.75, 3.05) is 0 Å². The van der Waals surface area contributed by atoms with Crippen LogP contribution in [0.2, 0.25) is 0 Å². The van der Waals surface area contributed by atoms with E-state index in [-0.39, 0.29) is 21.6 Å². The second kappa shape index (κ2) is 9.69. The van der Waals surface area contributed by atoms with Gasteiger partial charge >= 0.3 is 0 Å². The molecule has 0 aromatic carbocycles. The molecule has 140 valence electrons. The van der Waals surface area contributed by atoms with E-state index in [0.717, 1.165) is 45.2 Å². The van der Waals surface area contributed by atoms with Crippen LogP contribution in [0.25, 0.3) is 0 Å². The van der Waals surface area contributed by atoms with Crippen molar-refractivity contribution in [3.63, 3.8) is 0 Å². The smallest absolute Gasteiger partial charge is 0.284 e. The van der Waals surface area contributed by atoms with E-state index >= 15 is 0 Å². The molecule has 1 aliphatic rings. The summed E-state index contributed by atoms with van der Waals surface area (Å²) in [6.45, 7) is 0.720. The maximum Gasteiger partial charge on any atom is 0.284 e. The molecule has 0 amide bonds. The second-order valence-corrected chi connectivity index (χ2v) is 7.46. The van der Waals surface area contributed by atoms with Crippen LogP contribution >= 0.6 is 35.8 Å². The van der Waals surface area contributed by atoms with Crippen molar-refractivity contribution in [3.05, 3.63) is 21.2 Å². The largest absolute Gasteiger partial charge is 0.380 e. The number of carbonyl (C=O) groups excluding carboxylic acids is 1. The molecule has 0 spiro atoms. The van der Waals surface area contributed by atoms with Gasteiger partial charge in [0.2, 0.25) is 0 Å². The van der Waals surface area contributed by atoms with E-state index in [9.17, 15) is 13.6 Å². The molecule has 0 bridgehead atoms. The first-order valence-electron chi connectivity index (χ1n) is 7.82. The summed E-state index contributed by atoms with van der Waals surface area (Å²) in [5.41, 5.74) is -0.967. The molecule has 9 heteroatoms. The van der Waals surface area contributed by atoms with E-state index in [1.807, 2.05) is 0 Å². The molecular formula is C16H21Cl2F2N3OS. The average molecular weight is 412 g/mol. The van der Waals surface area contributed by atoms with Gasteiger partial charge in [0.05, 0.1) is 15.6 Å². The standard InChI is InChI=1S/C16H21Cl2F2N3OS/c1-16(19,20)13(23-10-5-3-2-4-6-10)9(8-21)7-11(24)12(14(17)22)15(18)25/h8,10,21-23,25H,2-7H2,1H3/b13-9-,15-12-,21-8?,22-14?. The molecule has 25 heavy (non-hydrogen) atoms. The Bertz CT molecular complexity index is 605. The van der Waals surface area contributed by atoms with Crippen LogP contribution in [0.15, 0.2) is 21.2 Å². The highest BCUT2D eigenvalue weighted by Gasteiger charge is 2.33. The van der Waals surface area contributed by atoms with Gasteiger partial charge in [-0.3, -0.25) is 10.2 Å². The Morgan fingerprint density at radius 1 is 1.32 bits per heavy atom. The number of alkyl halides is 2. The van der Waals surface area contributed by atoms with E-state index in [1.54, 1.807) is 0 Å². The highest BCUT2D eigenvalue weighted by molar-refractivity contribution is 7.86. The Morgan fingerprint density at radius 3 is 2.28 bits per heavy atom. The van der Waals surface area contributed by atoms with Gasteiger partial charge in [-0.2, -0.15) is 0 Å². The van der Waals surface area contributed by atoms with Crippen LogP contribution in [0.3, 0.4) is 0 Å². The molecule has 1 fully saturated rings. The molecule has 0 aromatic rings. The summed E-state index contributed by atoms with van der Waals surface area (Å²) in [6.07, 6.45) is 4.69. The first kappa shape index (κ1) is 22.1. The lowest BCUT2D eigenvalue weighted by atomic mass is 9.94. The van der Waals surface area contributed by atoms with Crippen LogP contribution in [-0.4, -0.2) is 29.1 Å². The average Bonchev–Trinajstić information content (AvgIpc) is 2.49. The summed E-state index contributed by atoms with van der Waals surface area (Å²) < 4.78 is 27.9. The number of hydrogen-bond donors (Lipinski definition) is 4. The number of allylic oxidation sites excluding steroid dienone is 3. The highest BCUT2D eigenvalue weighted by atomic mass is 35.5. The molecule has 1 rings (SSSR count). The van der Waals surface area contributed by atoms with Crippen molar-refractivity contribution in [3.8, 4) is 0 Å². The quantitative estimate of drug-likeness (QED) is 0.257. The zero-order valence-electron chi connectivity index (χ0n) is 13.8. The third-order valence-electron chi connectivity index (χ3n) is 3.94. The maximum absolute atomic E-state index is 14.1. The SMILES string of the molecule is CC(F)(F)/C(NC1CCCCC1)=C(/C=N)CC(=O)/C(C(=N)Cl)=C(/S)Cl. The lowest BCUT2D eigenvalue weighted by Gasteiger charge is -2.29. The van der Waals surface area contributed by atoms with Crippen LogP contribution in [0, 0.1) is 10.8 Å². The molecule has 1 saturated carbocycles. The van der Waals surface area contributed by atoms with Gasteiger partial charge in [-0.05, 0) is 12.8 Å². The van der Waals surface area contributed by atoms with Gasteiger partial charge in [0.15, 0.2) is 5.78 Å². The van der Waals surface area contributed by atoms with Crippen molar-refractivity contribution in [2.24, 2.45) is 0 Å². The predicted molar refractivity (Wildman–Crippen MR) is 102 cm³/mol. The summed E-state index contributed by atoms with van der Waals surface area (Å²) in [5, 5.41) is 17.0. The maximum atomic E-state index is 14.1. The zero-order chi connectivity index (χ0) is 19.2. The van der Waals surface area contributed by atoms with Gasteiger partial charge in [0.25, 0.3) is 5.92 Å². The Hall–Kier alpha value is -0.920. The topological polar surface area (TPSA) is 76.8 Å². The fraction of sp³-hybridized carbons (Fsp3) is 0.562. The first-order chi connectivity index (χ1) is 11.6. The fourth-order valence-corrected chi connectivity index (χ4v) is 3.50. The van der Waals surface area contributed by atoms with Crippen molar-refractivity contribution >= 4 is 53.0 Å². The second-order valence-electron chi connectivity index (χ2n) is 5.99. The number of hydrogen-bond acceptors (Lipinski definition) is 5. The molecule has 0 heterocycles. The Kier molecular flexibility index (Phi) is 8.57. The number of nitrogens with one attached hydrogen (secondary N) is 3. The third-order valence-corrected chi connectivity index (χ3v) is 4.55. The van der Waals surface area contributed by atoms with Gasteiger partial charge in [-0.15, -0.1) is 12.6 Å². The fourth-order valence-electron chi connectivity index (χ4n) is 2.75. The Morgan fingerprint density at radius 2 is 1.88 bits per heavy atom. The van der Waals surface area contributed by atoms with E-state index in [1.165, 1.54) is 0 Å². The lowest BCUT2D eigenvalue weighted by molar-refractivity contribution is -0.114. The molecule has 0 unspecified atom stereocenters. The molecule has 0 atom stereocenters. The molecule has 0 aromatic heterocycles. The number of carbonyl (C=O) groups is 1. The van der Waals surface area contributed by atoms with Crippen molar-refractivity contribution < 1.29 is 13.6 Å². The van der Waals surface area contributed by atoms with E-state index in [2.05, 4.69) is 17.9 Å². The van der Waals surface area contributed by atoms with Crippen LogP contribution in [0.4, 0.5) is 8.78 Å². The number of Topliss-reactive ketones (excluding diaryl/α,β-unsaturated/α-hetero) is 1. The lowest BCUT2D eigenvalue weighted by Crippen LogP contribution is -2.38. The third kappa shape index (κ3) is 6.72. The zero-order valence-corrected chi connectivity index (χ0v) is 16.2. The van der Waals surface area contributed by atoms with Gasteiger partial charge in [-0.1, -0.05) is 42.5 Å². The van der Waals surface area contributed by atoms with Gasteiger partial charge < -0.3 is 10.7 Å². The summed E-state index contributed by atoms with van der Waals surface area (Å²) in [5.74, 6) is -3.99. The molecule has 4 nitrogen and oxygen atoms in total. The minimum atomic E-state index is -3.24. The minimum Gasteiger partial charge on any atom is -0.380 e. The van der Waals surface area contributed by atoms with Gasteiger partial charge in [0, 0.05) is 31.2 Å². The number of thiol groups is 1.